The van der Waals surface area contributed by atoms with Crippen molar-refractivity contribution >= 4 is 0 Å². The first-order valence-electron chi connectivity index (χ1n) is 13.9. The summed E-state index contributed by atoms with van der Waals surface area (Å²) in [6, 6.07) is 0. The maximum absolute atomic E-state index is 1.60. The minimum Gasteiger partial charge on any atom is -0.0533 e. The summed E-state index contributed by atoms with van der Waals surface area (Å²) in [7, 11) is 0. The van der Waals surface area contributed by atoms with Gasteiger partial charge in [-0.05, 0) is 74.0 Å². The first-order chi connectivity index (χ1) is 13.9. The molecule has 0 heterocycles. The van der Waals surface area contributed by atoms with Gasteiger partial charge in [0.1, 0.15) is 0 Å². The van der Waals surface area contributed by atoms with Gasteiger partial charge in [0.2, 0.25) is 0 Å². The standard InChI is InChI=1S/C28H50/c1-2-6-13-25-17-18-27-16-10-15-23-11-8-4-5-9-12-24(23)19-21-28(27)22-20-26(25)14-7-3-1/h23-28H,1-22H2. The summed E-state index contributed by atoms with van der Waals surface area (Å²) >= 11 is 0. The number of fused-ring (bicyclic) bond motifs is 3. The third-order valence-corrected chi connectivity index (χ3v) is 9.92. The van der Waals surface area contributed by atoms with E-state index in [-0.39, 0.29) is 0 Å². The highest BCUT2D eigenvalue weighted by Gasteiger charge is 2.33. The molecule has 0 aliphatic heterocycles. The fourth-order valence-electron chi connectivity index (χ4n) is 8.13. The molecule has 4 aliphatic rings. The average molecular weight is 387 g/mol. The molecule has 0 heteroatoms. The van der Waals surface area contributed by atoms with E-state index in [1.807, 2.05) is 0 Å². The predicted molar refractivity (Wildman–Crippen MR) is 123 cm³/mol. The Hall–Kier alpha value is 0. The van der Waals surface area contributed by atoms with E-state index >= 15 is 0 Å². The Bertz CT molecular complexity index is 426. The van der Waals surface area contributed by atoms with Crippen LogP contribution in [0.1, 0.15) is 141 Å². The Morgan fingerprint density at radius 3 is 0.750 bits per heavy atom. The second-order valence-electron chi connectivity index (χ2n) is 11.6. The fourth-order valence-corrected chi connectivity index (χ4v) is 8.13. The lowest BCUT2D eigenvalue weighted by atomic mass is 9.69. The summed E-state index contributed by atoms with van der Waals surface area (Å²) in [5, 5.41) is 0. The Labute approximate surface area is 177 Å². The molecule has 4 fully saturated rings. The van der Waals surface area contributed by atoms with Crippen LogP contribution in [-0.2, 0) is 0 Å². The van der Waals surface area contributed by atoms with Gasteiger partial charge in [0.25, 0.3) is 0 Å². The average Bonchev–Trinajstić information content (AvgIpc) is 2.82. The Kier molecular flexibility index (Phi) is 8.65. The molecular formula is C28H50. The summed E-state index contributed by atoms with van der Waals surface area (Å²) in [4.78, 5) is 0. The van der Waals surface area contributed by atoms with E-state index in [9.17, 15) is 0 Å². The number of hydrogen-bond donors (Lipinski definition) is 0. The summed E-state index contributed by atoms with van der Waals surface area (Å²) in [5.41, 5.74) is 0. The highest BCUT2D eigenvalue weighted by atomic mass is 14.4. The van der Waals surface area contributed by atoms with Crippen molar-refractivity contribution in [2.45, 2.75) is 141 Å². The lowest BCUT2D eigenvalue weighted by molar-refractivity contribution is 0.147. The lowest BCUT2D eigenvalue weighted by Crippen LogP contribution is -2.25. The van der Waals surface area contributed by atoms with Crippen molar-refractivity contribution in [1.82, 2.24) is 0 Å². The van der Waals surface area contributed by atoms with Gasteiger partial charge in [-0.1, -0.05) is 103 Å². The van der Waals surface area contributed by atoms with Crippen LogP contribution >= 0.6 is 0 Å². The smallest absolute Gasteiger partial charge is 0.0386 e. The minimum atomic E-state index is 1.10. The van der Waals surface area contributed by atoms with Crippen molar-refractivity contribution in [3.63, 3.8) is 0 Å². The van der Waals surface area contributed by atoms with Gasteiger partial charge in [-0.25, -0.2) is 0 Å². The molecule has 0 bridgehead atoms. The van der Waals surface area contributed by atoms with Crippen molar-refractivity contribution in [2.75, 3.05) is 0 Å². The Morgan fingerprint density at radius 1 is 0.179 bits per heavy atom. The molecule has 4 aliphatic carbocycles. The highest BCUT2D eigenvalue weighted by Crippen LogP contribution is 2.45. The molecule has 0 aromatic heterocycles. The molecule has 0 radical (unpaired) electrons. The van der Waals surface area contributed by atoms with Crippen LogP contribution in [0, 0.1) is 35.5 Å². The molecule has 0 aromatic carbocycles. The summed E-state index contributed by atoms with van der Waals surface area (Å²) in [5.74, 6) is 6.59. The van der Waals surface area contributed by atoms with Gasteiger partial charge >= 0.3 is 0 Å². The fraction of sp³-hybridized carbons (Fsp3) is 1.00. The lowest BCUT2D eigenvalue weighted by Gasteiger charge is -2.36. The second-order valence-corrected chi connectivity index (χ2v) is 11.6. The molecule has 0 amide bonds. The monoisotopic (exact) mass is 386 g/mol. The van der Waals surface area contributed by atoms with E-state index in [1.54, 1.807) is 103 Å². The first-order valence-corrected chi connectivity index (χ1v) is 13.9. The highest BCUT2D eigenvalue weighted by molar-refractivity contribution is 4.84. The van der Waals surface area contributed by atoms with Crippen LogP contribution in [0.15, 0.2) is 0 Å². The van der Waals surface area contributed by atoms with Gasteiger partial charge in [0.05, 0.1) is 0 Å². The van der Waals surface area contributed by atoms with Crippen LogP contribution in [0.4, 0.5) is 0 Å². The molecule has 0 saturated heterocycles. The van der Waals surface area contributed by atoms with E-state index in [0.717, 1.165) is 35.5 Å². The van der Waals surface area contributed by atoms with Crippen molar-refractivity contribution in [3.8, 4) is 0 Å². The zero-order valence-corrected chi connectivity index (χ0v) is 19.0. The Morgan fingerprint density at radius 2 is 0.393 bits per heavy atom. The normalized spacial score (nSPS) is 42.0. The van der Waals surface area contributed by atoms with Crippen molar-refractivity contribution < 1.29 is 0 Å². The SMILES string of the molecule is C1CCCC2CCC3CCCC4CCCCCCC4CCC3CCC2CCC1. The van der Waals surface area contributed by atoms with E-state index < -0.39 is 0 Å². The van der Waals surface area contributed by atoms with Gasteiger partial charge in [-0.15, -0.1) is 0 Å². The first kappa shape index (κ1) is 21.2. The van der Waals surface area contributed by atoms with Crippen LogP contribution in [0.3, 0.4) is 0 Å². The van der Waals surface area contributed by atoms with Gasteiger partial charge in [-0.2, -0.15) is 0 Å². The van der Waals surface area contributed by atoms with Crippen LogP contribution < -0.4 is 0 Å². The van der Waals surface area contributed by atoms with Crippen molar-refractivity contribution in [2.24, 2.45) is 35.5 Å². The maximum atomic E-state index is 1.60. The van der Waals surface area contributed by atoms with Gasteiger partial charge in [0.15, 0.2) is 0 Å². The van der Waals surface area contributed by atoms with Crippen LogP contribution in [0.5, 0.6) is 0 Å². The molecular weight excluding hydrogens is 336 g/mol. The molecule has 4 saturated carbocycles. The molecule has 0 spiro atoms. The maximum Gasteiger partial charge on any atom is -0.0386 e. The minimum absolute atomic E-state index is 1.10. The van der Waals surface area contributed by atoms with Gasteiger partial charge in [0, 0.05) is 0 Å². The van der Waals surface area contributed by atoms with Gasteiger partial charge < -0.3 is 0 Å². The van der Waals surface area contributed by atoms with Crippen LogP contribution in [0.2, 0.25) is 0 Å². The van der Waals surface area contributed by atoms with E-state index in [2.05, 4.69) is 0 Å². The van der Waals surface area contributed by atoms with Crippen LogP contribution in [0.25, 0.3) is 0 Å². The number of rotatable bonds is 0. The summed E-state index contributed by atoms with van der Waals surface area (Å²) in [6.45, 7) is 0. The molecule has 4 rings (SSSR count). The van der Waals surface area contributed by atoms with Gasteiger partial charge in [-0.3, -0.25) is 0 Å². The quantitative estimate of drug-likeness (QED) is 0.389. The number of hydrogen-bond acceptors (Lipinski definition) is 0. The molecule has 6 unspecified atom stereocenters. The van der Waals surface area contributed by atoms with Crippen LogP contribution in [-0.4, -0.2) is 0 Å². The van der Waals surface area contributed by atoms with E-state index in [4.69, 9.17) is 0 Å². The summed E-state index contributed by atoms with van der Waals surface area (Å²) < 4.78 is 0. The second kappa shape index (κ2) is 11.4. The molecule has 0 aromatic rings. The largest absolute Gasteiger partial charge is 0.0533 e. The molecule has 28 heavy (non-hydrogen) atoms. The van der Waals surface area contributed by atoms with Crippen molar-refractivity contribution in [1.29, 1.82) is 0 Å². The topological polar surface area (TPSA) is 0 Å². The summed E-state index contributed by atoms with van der Waals surface area (Å²) in [6.07, 6.45) is 34.4. The zero-order chi connectivity index (χ0) is 19.0. The van der Waals surface area contributed by atoms with E-state index in [1.165, 1.54) is 38.5 Å². The molecule has 162 valence electrons. The Balaban J connectivity index is 1.39. The zero-order valence-electron chi connectivity index (χ0n) is 19.0. The molecule has 0 nitrogen and oxygen atoms in total. The van der Waals surface area contributed by atoms with E-state index in [0.29, 0.717) is 0 Å². The molecule has 6 atom stereocenters. The third-order valence-electron chi connectivity index (χ3n) is 9.92. The third kappa shape index (κ3) is 6.01. The predicted octanol–water partition coefficient (Wildman–Crippen LogP) is 9.32. The molecule has 0 N–H and O–H groups in total. The van der Waals surface area contributed by atoms with Crippen molar-refractivity contribution in [3.05, 3.63) is 0 Å².